The molecular formula is C14H20N2O. The summed E-state index contributed by atoms with van der Waals surface area (Å²) in [5.74, 6) is 0. The third-order valence-electron chi connectivity index (χ3n) is 3.15. The van der Waals surface area contributed by atoms with Crippen molar-refractivity contribution in [2.24, 2.45) is 11.1 Å². The van der Waals surface area contributed by atoms with Crippen molar-refractivity contribution in [3.05, 3.63) is 30.5 Å². The van der Waals surface area contributed by atoms with Gasteiger partial charge in [-0.15, -0.1) is 0 Å². The molecule has 0 bridgehead atoms. The Hall–Kier alpha value is -1.48. The molecule has 0 amide bonds. The Balaban J connectivity index is 2.00. The smallest absolute Gasteiger partial charge is 0.136 e. The maximum atomic E-state index is 5.71. The molecule has 0 saturated carbocycles. The molecule has 0 aliphatic heterocycles. The third-order valence-corrected chi connectivity index (χ3v) is 3.15. The molecule has 3 N–H and O–H groups in total. The highest BCUT2D eigenvalue weighted by Gasteiger charge is 2.15. The average molecular weight is 232 g/mol. The first-order valence-electron chi connectivity index (χ1n) is 6.02. The van der Waals surface area contributed by atoms with E-state index < -0.39 is 0 Å². The van der Waals surface area contributed by atoms with Gasteiger partial charge in [0, 0.05) is 11.9 Å². The second-order valence-corrected chi connectivity index (χ2v) is 5.19. The van der Waals surface area contributed by atoms with Crippen LogP contribution in [0.2, 0.25) is 0 Å². The summed E-state index contributed by atoms with van der Waals surface area (Å²) in [6, 6.07) is 8.04. The van der Waals surface area contributed by atoms with Gasteiger partial charge in [0.1, 0.15) is 11.8 Å². The summed E-state index contributed by atoms with van der Waals surface area (Å²) in [6.45, 7) is 5.98. The number of hydrogen-bond donors (Lipinski definition) is 2. The van der Waals surface area contributed by atoms with Gasteiger partial charge in [0.2, 0.25) is 0 Å². The largest absolute Gasteiger partial charge is 0.462 e. The molecule has 1 aromatic heterocycles. The lowest BCUT2D eigenvalue weighted by Gasteiger charge is -2.22. The van der Waals surface area contributed by atoms with Gasteiger partial charge in [0.25, 0.3) is 0 Å². The molecule has 0 aliphatic rings. The SMILES string of the molecule is CC(C)(CN)CCNc1coc2ccccc12. The van der Waals surface area contributed by atoms with Gasteiger partial charge >= 0.3 is 0 Å². The molecule has 1 heterocycles. The zero-order valence-electron chi connectivity index (χ0n) is 10.5. The van der Waals surface area contributed by atoms with Crippen LogP contribution in [-0.2, 0) is 0 Å². The van der Waals surface area contributed by atoms with Crippen molar-refractivity contribution in [1.82, 2.24) is 0 Å². The third kappa shape index (κ3) is 2.80. The lowest BCUT2D eigenvalue weighted by molar-refractivity contribution is 0.358. The standard InChI is InChI=1S/C14H20N2O/c1-14(2,10-15)7-8-16-12-9-17-13-6-4-3-5-11(12)13/h3-6,9,16H,7-8,10,15H2,1-2H3. The van der Waals surface area contributed by atoms with Crippen molar-refractivity contribution in [3.63, 3.8) is 0 Å². The van der Waals surface area contributed by atoms with E-state index in [0.717, 1.165) is 29.6 Å². The van der Waals surface area contributed by atoms with Gasteiger partial charge in [0.05, 0.1) is 5.69 Å². The molecule has 0 fully saturated rings. The Kier molecular flexibility index (Phi) is 3.38. The normalized spacial score (nSPS) is 11.9. The lowest BCUT2D eigenvalue weighted by atomic mass is 9.90. The number of nitrogens with two attached hydrogens (primary N) is 1. The van der Waals surface area contributed by atoms with E-state index in [9.17, 15) is 0 Å². The molecule has 3 nitrogen and oxygen atoms in total. The number of nitrogens with one attached hydrogen (secondary N) is 1. The monoisotopic (exact) mass is 232 g/mol. The summed E-state index contributed by atoms with van der Waals surface area (Å²) in [6.07, 6.45) is 2.82. The molecular weight excluding hydrogens is 212 g/mol. The number of fused-ring (bicyclic) bond motifs is 1. The summed E-state index contributed by atoms with van der Waals surface area (Å²) in [7, 11) is 0. The number of para-hydroxylation sites is 1. The quantitative estimate of drug-likeness (QED) is 0.832. The van der Waals surface area contributed by atoms with Crippen LogP contribution in [-0.4, -0.2) is 13.1 Å². The number of benzene rings is 1. The molecule has 0 aliphatic carbocycles. The van der Waals surface area contributed by atoms with Crippen LogP contribution in [0, 0.1) is 5.41 Å². The van der Waals surface area contributed by atoms with Gasteiger partial charge in [-0.25, -0.2) is 0 Å². The summed E-state index contributed by atoms with van der Waals surface area (Å²) in [4.78, 5) is 0. The summed E-state index contributed by atoms with van der Waals surface area (Å²) >= 11 is 0. The van der Waals surface area contributed by atoms with E-state index in [-0.39, 0.29) is 5.41 Å². The number of rotatable bonds is 5. The van der Waals surface area contributed by atoms with Gasteiger partial charge < -0.3 is 15.5 Å². The number of anilines is 1. The van der Waals surface area contributed by atoms with Crippen molar-refractivity contribution < 1.29 is 4.42 Å². The van der Waals surface area contributed by atoms with Crippen LogP contribution in [0.4, 0.5) is 5.69 Å². The van der Waals surface area contributed by atoms with Crippen molar-refractivity contribution in [2.45, 2.75) is 20.3 Å². The molecule has 1 aromatic carbocycles. The van der Waals surface area contributed by atoms with E-state index in [1.807, 2.05) is 18.2 Å². The van der Waals surface area contributed by atoms with E-state index in [4.69, 9.17) is 10.2 Å². The van der Waals surface area contributed by atoms with Gasteiger partial charge in [-0.05, 0) is 30.5 Å². The fourth-order valence-corrected chi connectivity index (χ4v) is 1.75. The average Bonchev–Trinajstić information content (AvgIpc) is 2.73. The molecule has 2 aromatic rings. The van der Waals surface area contributed by atoms with E-state index in [1.165, 1.54) is 0 Å². The van der Waals surface area contributed by atoms with Crippen molar-refractivity contribution in [1.29, 1.82) is 0 Å². The summed E-state index contributed by atoms with van der Waals surface area (Å²) < 4.78 is 5.47. The zero-order valence-corrected chi connectivity index (χ0v) is 10.5. The minimum atomic E-state index is 0.187. The van der Waals surface area contributed by atoms with Crippen LogP contribution in [0.5, 0.6) is 0 Å². The van der Waals surface area contributed by atoms with Gasteiger partial charge in [0.15, 0.2) is 0 Å². The first-order chi connectivity index (χ1) is 8.12. The highest BCUT2D eigenvalue weighted by Crippen LogP contribution is 2.26. The van der Waals surface area contributed by atoms with Crippen LogP contribution in [0.1, 0.15) is 20.3 Å². The maximum Gasteiger partial charge on any atom is 0.136 e. The predicted molar refractivity (Wildman–Crippen MR) is 72.2 cm³/mol. The van der Waals surface area contributed by atoms with Gasteiger partial charge in [-0.3, -0.25) is 0 Å². The van der Waals surface area contributed by atoms with Crippen LogP contribution >= 0.6 is 0 Å². The molecule has 0 unspecified atom stereocenters. The summed E-state index contributed by atoms with van der Waals surface area (Å²) in [5, 5.41) is 4.55. The topological polar surface area (TPSA) is 51.2 Å². The van der Waals surface area contributed by atoms with Gasteiger partial charge in [-0.2, -0.15) is 0 Å². The van der Waals surface area contributed by atoms with Crippen molar-refractivity contribution in [2.75, 3.05) is 18.4 Å². The van der Waals surface area contributed by atoms with Crippen molar-refractivity contribution in [3.8, 4) is 0 Å². The zero-order chi connectivity index (χ0) is 12.3. The van der Waals surface area contributed by atoms with Crippen molar-refractivity contribution >= 4 is 16.7 Å². The first-order valence-corrected chi connectivity index (χ1v) is 6.02. The van der Waals surface area contributed by atoms with Crippen LogP contribution in [0.3, 0.4) is 0 Å². The molecule has 3 heteroatoms. The lowest BCUT2D eigenvalue weighted by Crippen LogP contribution is -2.26. The van der Waals surface area contributed by atoms with E-state index in [2.05, 4.69) is 25.2 Å². The molecule has 92 valence electrons. The Bertz CT molecular complexity index is 488. The Morgan fingerprint density at radius 3 is 2.82 bits per heavy atom. The van der Waals surface area contributed by atoms with Crippen LogP contribution in [0.25, 0.3) is 11.0 Å². The molecule has 0 saturated heterocycles. The van der Waals surface area contributed by atoms with Crippen LogP contribution in [0.15, 0.2) is 34.9 Å². The first kappa shape index (κ1) is 12.0. The minimum Gasteiger partial charge on any atom is -0.462 e. The number of hydrogen-bond acceptors (Lipinski definition) is 3. The molecule has 0 radical (unpaired) electrons. The molecule has 2 rings (SSSR count). The Morgan fingerprint density at radius 1 is 1.29 bits per heavy atom. The fraction of sp³-hybridized carbons (Fsp3) is 0.429. The minimum absolute atomic E-state index is 0.187. The van der Waals surface area contributed by atoms with E-state index >= 15 is 0 Å². The van der Waals surface area contributed by atoms with E-state index in [0.29, 0.717) is 6.54 Å². The number of furan rings is 1. The molecule has 17 heavy (non-hydrogen) atoms. The van der Waals surface area contributed by atoms with Crippen LogP contribution < -0.4 is 11.1 Å². The predicted octanol–water partition coefficient (Wildman–Crippen LogP) is 3.22. The van der Waals surface area contributed by atoms with Gasteiger partial charge in [-0.1, -0.05) is 26.0 Å². The highest BCUT2D eigenvalue weighted by molar-refractivity contribution is 5.90. The van der Waals surface area contributed by atoms with E-state index in [1.54, 1.807) is 6.26 Å². The highest BCUT2D eigenvalue weighted by atomic mass is 16.3. The fourth-order valence-electron chi connectivity index (χ4n) is 1.75. The Labute approximate surface area is 102 Å². The maximum absolute atomic E-state index is 5.71. The second-order valence-electron chi connectivity index (χ2n) is 5.19. The second kappa shape index (κ2) is 4.80. The summed E-state index contributed by atoms with van der Waals surface area (Å²) in [5.41, 5.74) is 7.88. The molecule has 0 atom stereocenters. The molecule has 0 spiro atoms. The Morgan fingerprint density at radius 2 is 2.06 bits per heavy atom.